The second-order valence-corrected chi connectivity index (χ2v) is 7.23. The van der Waals surface area contributed by atoms with Gasteiger partial charge in [-0.2, -0.15) is 13.2 Å². The van der Waals surface area contributed by atoms with Crippen molar-refractivity contribution in [2.45, 2.75) is 52.3 Å². The van der Waals surface area contributed by atoms with Crippen LogP contribution < -0.4 is 10.7 Å². The molecule has 4 nitrogen and oxygen atoms in total. The van der Waals surface area contributed by atoms with E-state index in [1.807, 2.05) is 12.1 Å². The Balaban J connectivity index is 2.30. The molecule has 2 atom stereocenters. The number of hydrogen-bond acceptors (Lipinski definition) is 3. The average Bonchev–Trinajstić information content (AvgIpc) is 2.83. The Labute approximate surface area is 152 Å². The van der Waals surface area contributed by atoms with E-state index in [4.69, 9.17) is 0 Å². The maximum atomic E-state index is 13.3. The first kappa shape index (κ1) is 20.3. The van der Waals surface area contributed by atoms with Gasteiger partial charge in [-0.25, -0.2) is 5.43 Å². The summed E-state index contributed by atoms with van der Waals surface area (Å²) in [4.78, 5) is 12.7. The lowest BCUT2D eigenvalue weighted by molar-refractivity contribution is -0.153. The Hall–Kier alpha value is -2.02. The van der Waals surface area contributed by atoms with E-state index >= 15 is 0 Å². The molecule has 1 amide bonds. The maximum Gasteiger partial charge on any atom is 0.409 e. The number of amides is 1. The fourth-order valence-corrected chi connectivity index (χ4v) is 3.34. The fourth-order valence-electron chi connectivity index (χ4n) is 3.34. The molecule has 1 aromatic carbocycles. The Morgan fingerprint density at radius 2 is 1.88 bits per heavy atom. The Morgan fingerprint density at radius 3 is 2.46 bits per heavy atom. The van der Waals surface area contributed by atoms with Gasteiger partial charge in [0, 0.05) is 18.4 Å². The van der Waals surface area contributed by atoms with Crippen molar-refractivity contribution in [2.75, 3.05) is 12.4 Å². The van der Waals surface area contributed by atoms with Crippen molar-refractivity contribution in [2.24, 2.45) is 5.92 Å². The van der Waals surface area contributed by atoms with Crippen LogP contribution in [0.1, 0.15) is 45.6 Å². The quantitative estimate of drug-likeness (QED) is 0.807. The molecule has 0 aliphatic carbocycles. The second kappa shape index (κ2) is 7.70. The number of carbonyl (C=O) groups excluding carboxylic acids is 1. The third-order valence-electron chi connectivity index (χ3n) is 4.64. The highest BCUT2D eigenvalue weighted by atomic mass is 19.4. The van der Waals surface area contributed by atoms with Crippen molar-refractivity contribution in [1.82, 2.24) is 10.4 Å². The molecular formula is C19H26F3N3O. The van der Waals surface area contributed by atoms with Gasteiger partial charge in [0.25, 0.3) is 5.91 Å². The van der Waals surface area contributed by atoms with Crippen LogP contribution in [0.15, 0.2) is 35.5 Å². The molecule has 2 unspecified atom stereocenters. The molecule has 26 heavy (non-hydrogen) atoms. The van der Waals surface area contributed by atoms with Crippen molar-refractivity contribution < 1.29 is 18.0 Å². The zero-order valence-corrected chi connectivity index (χ0v) is 15.7. The van der Waals surface area contributed by atoms with Crippen LogP contribution in [0.4, 0.5) is 18.9 Å². The predicted molar refractivity (Wildman–Crippen MR) is 96.4 cm³/mol. The molecule has 1 aliphatic heterocycles. The summed E-state index contributed by atoms with van der Waals surface area (Å²) in [5, 5.41) is 3.93. The molecule has 0 saturated carbocycles. The van der Waals surface area contributed by atoms with Gasteiger partial charge >= 0.3 is 6.18 Å². The lowest BCUT2D eigenvalue weighted by Gasteiger charge is -2.21. The molecule has 0 aromatic heterocycles. The van der Waals surface area contributed by atoms with E-state index in [1.165, 1.54) is 19.0 Å². The summed E-state index contributed by atoms with van der Waals surface area (Å²) < 4.78 is 39.9. The van der Waals surface area contributed by atoms with Crippen LogP contribution in [0.3, 0.4) is 0 Å². The molecule has 2 rings (SSSR count). The first-order chi connectivity index (χ1) is 12.0. The summed E-state index contributed by atoms with van der Waals surface area (Å²) in [7, 11) is 1.47. The summed E-state index contributed by atoms with van der Waals surface area (Å²) in [6.07, 6.45) is -3.63. The first-order valence-electron chi connectivity index (χ1n) is 8.70. The highest BCUT2D eigenvalue weighted by molar-refractivity contribution is 6.06. The van der Waals surface area contributed by atoms with Gasteiger partial charge in [0.05, 0.1) is 5.57 Å². The number of benzene rings is 1. The van der Waals surface area contributed by atoms with E-state index in [2.05, 4.69) is 31.5 Å². The zero-order valence-electron chi connectivity index (χ0n) is 15.7. The number of nitrogens with zero attached hydrogens (tertiary/aromatic N) is 1. The van der Waals surface area contributed by atoms with E-state index in [1.54, 1.807) is 12.1 Å². The third-order valence-corrected chi connectivity index (χ3v) is 4.64. The minimum Gasteiger partial charge on any atom is -0.322 e. The van der Waals surface area contributed by atoms with Gasteiger partial charge in [0.2, 0.25) is 0 Å². The van der Waals surface area contributed by atoms with Gasteiger partial charge in [-0.1, -0.05) is 39.0 Å². The van der Waals surface area contributed by atoms with E-state index in [-0.39, 0.29) is 17.2 Å². The Kier molecular flexibility index (Phi) is 6.01. The second-order valence-electron chi connectivity index (χ2n) is 7.23. The monoisotopic (exact) mass is 369 g/mol. The molecule has 144 valence electrons. The number of hydrogen-bond donors (Lipinski definition) is 2. The van der Waals surface area contributed by atoms with Crippen LogP contribution in [0, 0.1) is 5.92 Å². The largest absolute Gasteiger partial charge is 0.409 e. The zero-order chi connectivity index (χ0) is 19.6. The number of hydrazine groups is 1. The Morgan fingerprint density at radius 1 is 1.27 bits per heavy atom. The molecule has 0 saturated heterocycles. The summed E-state index contributed by atoms with van der Waals surface area (Å²) in [5.41, 5.74) is 3.74. The van der Waals surface area contributed by atoms with Crippen molar-refractivity contribution in [3.05, 3.63) is 41.1 Å². The lowest BCUT2D eigenvalue weighted by Crippen LogP contribution is -2.46. The SMILES string of the molecule is CC1=C(C(=O)Nc2ccccc2C(C)CC(C)C)C(C(F)(F)F)NN1C. The number of anilines is 1. The minimum absolute atomic E-state index is 0.185. The van der Waals surface area contributed by atoms with Gasteiger partial charge in [-0.15, -0.1) is 0 Å². The number of halogens is 3. The number of carbonyl (C=O) groups is 1. The van der Waals surface area contributed by atoms with Crippen LogP contribution in [0.25, 0.3) is 0 Å². The van der Waals surface area contributed by atoms with Crippen LogP contribution in [0.5, 0.6) is 0 Å². The fraction of sp³-hybridized carbons (Fsp3) is 0.526. The summed E-state index contributed by atoms with van der Waals surface area (Å²) in [6.45, 7) is 7.78. The topological polar surface area (TPSA) is 44.4 Å². The molecular weight excluding hydrogens is 343 g/mol. The van der Waals surface area contributed by atoms with E-state index in [0.717, 1.165) is 12.0 Å². The molecule has 1 heterocycles. The van der Waals surface area contributed by atoms with E-state index in [0.29, 0.717) is 11.6 Å². The number of allylic oxidation sites excluding steroid dienone is 1. The summed E-state index contributed by atoms with van der Waals surface area (Å²) in [5.74, 6) is -0.0729. The van der Waals surface area contributed by atoms with Crippen LogP contribution >= 0.6 is 0 Å². The number of para-hydroxylation sites is 1. The molecule has 0 fully saturated rings. The number of alkyl halides is 3. The molecule has 0 spiro atoms. The predicted octanol–water partition coefficient (Wildman–Crippen LogP) is 4.43. The van der Waals surface area contributed by atoms with Crippen molar-refractivity contribution in [1.29, 1.82) is 0 Å². The van der Waals surface area contributed by atoms with Crippen molar-refractivity contribution in [3.63, 3.8) is 0 Å². The number of nitrogens with one attached hydrogen (secondary N) is 2. The Bertz CT molecular complexity index is 698. The standard InChI is InChI=1S/C19H26F3N3O/c1-11(2)10-12(3)14-8-6-7-9-15(14)23-18(26)16-13(4)25(5)24-17(16)19(20,21)22/h6-9,11-12,17,24H,10H2,1-5H3,(H,23,26). The maximum absolute atomic E-state index is 13.3. The molecule has 2 N–H and O–H groups in total. The highest BCUT2D eigenvalue weighted by Crippen LogP contribution is 2.34. The third kappa shape index (κ3) is 4.38. The molecule has 1 aromatic rings. The molecule has 1 aliphatic rings. The average molecular weight is 369 g/mol. The normalized spacial score (nSPS) is 19.3. The van der Waals surface area contributed by atoms with Crippen LogP contribution in [0.2, 0.25) is 0 Å². The highest BCUT2D eigenvalue weighted by Gasteiger charge is 2.49. The van der Waals surface area contributed by atoms with Crippen LogP contribution in [-0.4, -0.2) is 30.2 Å². The van der Waals surface area contributed by atoms with Crippen molar-refractivity contribution >= 4 is 11.6 Å². The summed E-state index contributed by atoms with van der Waals surface area (Å²) in [6, 6.07) is 5.27. The lowest BCUT2D eigenvalue weighted by atomic mass is 9.91. The van der Waals surface area contributed by atoms with Crippen LogP contribution in [-0.2, 0) is 4.79 Å². The van der Waals surface area contributed by atoms with Gasteiger partial charge in [0.1, 0.15) is 0 Å². The molecule has 0 bridgehead atoms. The smallest absolute Gasteiger partial charge is 0.322 e. The minimum atomic E-state index is -4.55. The molecule has 0 radical (unpaired) electrons. The number of rotatable bonds is 5. The van der Waals surface area contributed by atoms with E-state index < -0.39 is 18.1 Å². The van der Waals surface area contributed by atoms with Gasteiger partial charge in [-0.05, 0) is 36.8 Å². The van der Waals surface area contributed by atoms with Gasteiger partial charge in [-0.3, -0.25) is 4.79 Å². The summed E-state index contributed by atoms with van der Waals surface area (Å²) >= 11 is 0. The van der Waals surface area contributed by atoms with Gasteiger partial charge in [0.15, 0.2) is 6.04 Å². The molecule has 7 heteroatoms. The first-order valence-corrected chi connectivity index (χ1v) is 8.70. The van der Waals surface area contributed by atoms with Crippen molar-refractivity contribution in [3.8, 4) is 0 Å². The van der Waals surface area contributed by atoms with Gasteiger partial charge < -0.3 is 10.3 Å². The van der Waals surface area contributed by atoms with E-state index in [9.17, 15) is 18.0 Å².